The summed E-state index contributed by atoms with van der Waals surface area (Å²) in [5.74, 6) is 2.26. The molecule has 0 amide bonds. The van der Waals surface area contributed by atoms with Crippen LogP contribution in [0.25, 0.3) is 0 Å². The first-order valence-electron chi connectivity index (χ1n) is 7.19. The van der Waals surface area contributed by atoms with Gasteiger partial charge in [0.05, 0.1) is 0 Å². The highest BCUT2D eigenvalue weighted by molar-refractivity contribution is 6.30. The Morgan fingerprint density at radius 3 is 2.71 bits per heavy atom. The summed E-state index contributed by atoms with van der Waals surface area (Å²) in [5.41, 5.74) is 2.43. The molecule has 0 aromatic heterocycles. The molecule has 108 valence electrons. The third kappa shape index (κ3) is 2.54. The second kappa shape index (κ2) is 5.15. The Labute approximate surface area is 128 Å². The lowest BCUT2D eigenvalue weighted by molar-refractivity contribution is 0.174. The van der Waals surface area contributed by atoms with E-state index in [-0.39, 0.29) is 0 Å². The van der Waals surface area contributed by atoms with Crippen molar-refractivity contribution >= 4 is 17.3 Å². The van der Waals surface area contributed by atoms with Gasteiger partial charge in [0.2, 0.25) is 6.79 Å². The topological polar surface area (TPSA) is 30.5 Å². The van der Waals surface area contributed by atoms with E-state index in [9.17, 15) is 0 Å². The predicted octanol–water partition coefficient (Wildman–Crippen LogP) is 4.43. The molecule has 0 atom stereocenters. The van der Waals surface area contributed by atoms with E-state index in [1.165, 1.54) is 5.56 Å². The summed E-state index contributed by atoms with van der Waals surface area (Å²) in [7, 11) is 0. The van der Waals surface area contributed by atoms with Gasteiger partial charge in [-0.3, -0.25) is 0 Å². The van der Waals surface area contributed by atoms with E-state index >= 15 is 0 Å². The molecule has 1 fully saturated rings. The number of nitrogens with one attached hydrogen (secondary N) is 1. The Kier molecular flexibility index (Phi) is 3.15. The van der Waals surface area contributed by atoms with E-state index < -0.39 is 0 Å². The molecule has 0 saturated heterocycles. The van der Waals surface area contributed by atoms with Gasteiger partial charge >= 0.3 is 0 Å². The van der Waals surface area contributed by atoms with Gasteiger partial charge < -0.3 is 14.8 Å². The van der Waals surface area contributed by atoms with Crippen molar-refractivity contribution in [2.75, 3.05) is 12.1 Å². The van der Waals surface area contributed by atoms with Gasteiger partial charge in [-0.15, -0.1) is 0 Å². The molecule has 1 aliphatic heterocycles. The van der Waals surface area contributed by atoms with E-state index in [0.717, 1.165) is 35.1 Å². The molecule has 4 heteroatoms. The molecule has 0 radical (unpaired) electrons. The summed E-state index contributed by atoms with van der Waals surface area (Å²) in [6.45, 7) is 0.319. The van der Waals surface area contributed by atoms with Crippen molar-refractivity contribution in [1.82, 2.24) is 0 Å². The Morgan fingerprint density at radius 1 is 1.00 bits per heavy atom. The summed E-state index contributed by atoms with van der Waals surface area (Å²) in [4.78, 5) is 0. The SMILES string of the molecule is Clc1cccc(C2CC(Nc3ccc4c(c3)OCO4)C2)c1. The van der Waals surface area contributed by atoms with E-state index in [2.05, 4.69) is 17.4 Å². The molecule has 1 heterocycles. The van der Waals surface area contributed by atoms with Gasteiger partial charge in [0.1, 0.15) is 0 Å². The van der Waals surface area contributed by atoms with Crippen LogP contribution in [0.3, 0.4) is 0 Å². The van der Waals surface area contributed by atoms with E-state index in [1.54, 1.807) is 0 Å². The van der Waals surface area contributed by atoms with E-state index in [1.807, 2.05) is 30.3 Å². The van der Waals surface area contributed by atoms with Crippen LogP contribution in [-0.2, 0) is 0 Å². The van der Waals surface area contributed by atoms with Gasteiger partial charge in [0.25, 0.3) is 0 Å². The Balaban J connectivity index is 1.38. The van der Waals surface area contributed by atoms with Gasteiger partial charge in [-0.2, -0.15) is 0 Å². The second-order valence-electron chi connectivity index (χ2n) is 5.63. The number of hydrogen-bond donors (Lipinski definition) is 1. The summed E-state index contributed by atoms with van der Waals surface area (Å²) in [6.07, 6.45) is 2.27. The van der Waals surface area contributed by atoms with Crippen molar-refractivity contribution in [3.63, 3.8) is 0 Å². The highest BCUT2D eigenvalue weighted by Crippen LogP contribution is 2.40. The lowest BCUT2D eigenvalue weighted by atomic mass is 9.76. The Morgan fingerprint density at radius 2 is 1.86 bits per heavy atom. The van der Waals surface area contributed by atoms with Crippen LogP contribution in [0.5, 0.6) is 11.5 Å². The fourth-order valence-corrected chi connectivity index (χ4v) is 3.19. The van der Waals surface area contributed by atoms with Gasteiger partial charge in [-0.25, -0.2) is 0 Å². The maximum absolute atomic E-state index is 6.05. The zero-order chi connectivity index (χ0) is 14.2. The van der Waals surface area contributed by atoms with Crippen molar-refractivity contribution in [3.05, 3.63) is 53.1 Å². The average molecular weight is 302 g/mol. The lowest BCUT2D eigenvalue weighted by Crippen LogP contribution is -2.33. The largest absolute Gasteiger partial charge is 0.454 e. The lowest BCUT2D eigenvalue weighted by Gasteiger charge is -2.37. The molecule has 1 saturated carbocycles. The zero-order valence-electron chi connectivity index (χ0n) is 11.5. The summed E-state index contributed by atoms with van der Waals surface area (Å²) >= 11 is 6.05. The molecule has 0 spiro atoms. The predicted molar refractivity (Wildman–Crippen MR) is 83.4 cm³/mol. The van der Waals surface area contributed by atoms with Crippen molar-refractivity contribution in [2.24, 2.45) is 0 Å². The first-order valence-corrected chi connectivity index (χ1v) is 7.57. The smallest absolute Gasteiger partial charge is 0.231 e. The van der Waals surface area contributed by atoms with Crippen LogP contribution in [0, 0.1) is 0 Å². The third-order valence-electron chi connectivity index (χ3n) is 4.20. The van der Waals surface area contributed by atoms with Gasteiger partial charge in [-0.05, 0) is 48.6 Å². The molecule has 4 rings (SSSR count). The highest BCUT2D eigenvalue weighted by atomic mass is 35.5. The summed E-state index contributed by atoms with van der Waals surface area (Å²) < 4.78 is 10.7. The Hall–Kier alpha value is -1.87. The van der Waals surface area contributed by atoms with Crippen molar-refractivity contribution < 1.29 is 9.47 Å². The van der Waals surface area contributed by atoms with Crippen molar-refractivity contribution in [3.8, 4) is 11.5 Å². The molecular formula is C17H16ClNO2. The second-order valence-corrected chi connectivity index (χ2v) is 6.07. The molecule has 21 heavy (non-hydrogen) atoms. The number of anilines is 1. The van der Waals surface area contributed by atoms with Crippen LogP contribution < -0.4 is 14.8 Å². The minimum atomic E-state index is 0.319. The molecule has 0 unspecified atom stereocenters. The number of fused-ring (bicyclic) bond motifs is 1. The van der Waals surface area contributed by atoms with Crippen molar-refractivity contribution in [2.45, 2.75) is 24.8 Å². The zero-order valence-corrected chi connectivity index (χ0v) is 12.3. The van der Waals surface area contributed by atoms with Gasteiger partial charge in [0, 0.05) is 22.8 Å². The molecule has 1 aliphatic carbocycles. The van der Waals surface area contributed by atoms with Crippen LogP contribution in [0.4, 0.5) is 5.69 Å². The average Bonchev–Trinajstić information content (AvgIpc) is 2.89. The van der Waals surface area contributed by atoms with Crippen LogP contribution in [-0.4, -0.2) is 12.8 Å². The molecule has 0 bridgehead atoms. The maximum Gasteiger partial charge on any atom is 0.231 e. The maximum atomic E-state index is 6.05. The van der Waals surface area contributed by atoms with E-state index in [4.69, 9.17) is 21.1 Å². The van der Waals surface area contributed by atoms with Gasteiger partial charge in [-0.1, -0.05) is 23.7 Å². The number of benzene rings is 2. The number of rotatable bonds is 3. The Bertz CT molecular complexity index is 668. The van der Waals surface area contributed by atoms with Crippen molar-refractivity contribution in [1.29, 1.82) is 0 Å². The first kappa shape index (κ1) is 12.8. The fourth-order valence-electron chi connectivity index (χ4n) is 2.99. The monoisotopic (exact) mass is 301 g/mol. The summed E-state index contributed by atoms with van der Waals surface area (Å²) in [6, 6.07) is 14.7. The van der Waals surface area contributed by atoms with Crippen LogP contribution in [0.2, 0.25) is 5.02 Å². The quantitative estimate of drug-likeness (QED) is 0.910. The van der Waals surface area contributed by atoms with Crippen LogP contribution in [0.15, 0.2) is 42.5 Å². The van der Waals surface area contributed by atoms with E-state index in [0.29, 0.717) is 18.8 Å². The third-order valence-corrected chi connectivity index (χ3v) is 4.44. The standard InChI is InChI=1S/C17H16ClNO2/c18-13-3-1-2-11(6-13)12-7-15(8-12)19-14-4-5-16-17(9-14)21-10-20-16/h1-6,9,12,15,19H,7-8,10H2. The highest BCUT2D eigenvalue weighted by Gasteiger charge is 2.30. The molecule has 1 N–H and O–H groups in total. The molecular weight excluding hydrogens is 286 g/mol. The molecule has 3 nitrogen and oxygen atoms in total. The first-order chi connectivity index (χ1) is 10.3. The number of ether oxygens (including phenoxy) is 2. The minimum Gasteiger partial charge on any atom is -0.454 e. The van der Waals surface area contributed by atoms with Crippen LogP contribution >= 0.6 is 11.6 Å². The van der Waals surface area contributed by atoms with Gasteiger partial charge in [0.15, 0.2) is 11.5 Å². The molecule has 2 aromatic rings. The minimum absolute atomic E-state index is 0.319. The number of hydrogen-bond acceptors (Lipinski definition) is 3. The number of halogens is 1. The normalized spacial score (nSPS) is 22.7. The summed E-state index contributed by atoms with van der Waals surface area (Å²) in [5, 5.41) is 4.37. The molecule has 2 aliphatic rings. The van der Waals surface area contributed by atoms with Crippen LogP contribution in [0.1, 0.15) is 24.3 Å². The molecule has 2 aromatic carbocycles. The fraction of sp³-hybridized carbons (Fsp3) is 0.294.